The zero-order valence-electron chi connectivity index (χ0n) is 14.0. The maximum absolute atomic E-state index is 14.0. The van der Waals surface area contributed by atoms with Crippen molar-refractivity contribution in [3.8, 4) is 0 Å². The maximum Gasteiger partial charge on any atom is 0.256 e. The summed E-state index contributed by atoms with van der Waals surface area (Å²) in [4.78, 5) is 25.4. The fourth-order valence-corrected chi connectivity index (χ4v) is 3.08. The van der Waals surface area contributed by atoms with Gasteiger partial charge in [0.25, 0.3) is 5.91 Å². The molecule has 1 aromatic carbocycles. The van der Waals surface area contributed by atoms with Crippen LogP contribution in [0.2, 0.25) is 0 Å². The van der Waals surface area contributed by atoms with Crippen LogP contribution in [0.5, 0.6) is 0 Å². The van der Waals surface area contributed by atoms with Crippen LogP contribution in [-0.2, 0) is 4.79 Å². The third-order valence-electron chi connectivity index (χ3n) is 4.69. The highest BCUT2D eigenvalue weighted by atomic mass is 19.1. The molecule has 1 saturated carbocycles. The van der Waals surface area contributed by atoms with E-state index in [1.165, 1.54) is 38.0 Å². The fraction of sp³-hybridized carbons (Fsp3) is 0.556. The molecule has 2 N–H and O–H groups in total. The Balaban J connectivity index is 1.58. The van der Waals surface area contributed by atoms with E-state index in [-0.39, 0.29) is 17.4 Å². The number of amides is 2. The number of rotatable bonds is 5. The highest BCUT2D eigenvalue weighted by molar-refractivity contribution is 5.97. The number of piperidine rings is 1. The molecule has 0 radical (unpaired) electrons. The molecule has 2 aliphatic rings. The summed E-state index contributed by atoms with van der Waals surface area (Å²) in [6.07, 6.45) is 4.44. The molecule has 1 aliphatic carbocycles. The molecule has 0 bridgehead atoms. The Hall–Kier alpha value is -1.95. The number of anilines is 1. The topological polar surface area (TPSA) is 61.4 Å². The van der Waals surface area contributed by atoms with Gasteiger partial charge in [-0.2, -0.15) is 0 Å². The van der Waals surface area contributed by atoms with Crippen LogP contribution in [0.3, 0.4) is 0 Å². The van der Waals surface area contributed by atoms with E-state index in [0.717, 1.165) is 25.3 Å². The lowest BCUT2D eigenvalue weighted by Gasteiger charge is -2.32. The summed E-state index contributed by atoms with van der Waals surface area (Å²) in [5, 5.41) is 6.15. The average molecular weight is 333 g/mol. The van der Waals surface area contributed by atoms with Gasteiger partial charge in [-0.15, -0.1) is 0 Å². The van der Waals surface area contributed by atoms with E-state index in [0.29, 0.717) is 24.8 Å². The van der Waals surface area contributed by atoms with Crippen molar-refractivity contribution in [3.63, 3.8) is 0 Å². The van der Waals surface area contributed by atoms with E-state index in [9.17, 15) is 14.0 Å². The largest absolute Gasteiger partial charge is 0.338 e. The monoisotopic (exact) mass is 333 g/mol. The highest BCUT2D eigenvalue weighted by Gasteiger charge is 2.27. The van der Waals surface area contributed by atoms with E-state index in [2.05, 4.69) is 10.6 Å². The van der Waals surface area contributed by atoms with Gasteiger partial charge in [0, 0.05) is 31.7 Å². The van der Waals surface area contributed by atoms with E-state index < -0.39 is 5.82 Å². The van der Waals surface area contributed by atoms with Gasteiger partial charge in [0.1, 0.15) is 5.82 Å². The van der Waals surface area contributed by atoms with Crippen LogP contribution < -0.4 is 10.6 Å². The minimum atomic E-state index is -0.553. The van der Waals surface area contributed by atoms with Crippen molar-refractivity contribution in [2.24, 2.45) is 5.92 Å². The zero-order valence-corrected chi connectivity index (χ0v) is 14.0. The Morgan fingerprint density at radius 1 is 1.21 bits per heavy atom. The summed E-state index contributed by atoms with van der Waals surface area (Å²) >= 11 is 0. The number of carbonyl (C=O) groups excluding carboxylic acids is 2. The predicted octanol–water partition coefficient (Wildman–Crippen LogP) is 2.39. The number of benzene rings is 1. The lowest BCUT2D eigenvalue weighted by molar-refractivity contribution is -0.114. The number of nitrogens with one attached hydrogen (secondary N) is 2. The first-order chi connectivity index (χ1) is 11.5. The SMILES string of the molecule is CC(=O)Nc1ccc(F)c(C(=O)N2CCC(NCC3CC3)CC2)c1. The van der Waals surface area contributed by atoms with E-state index in [4.69, 9.17) is 0 Å². The molecule has 1 aliphatic heterocycles. The molecule has 1 saturated heterocycles. The minimum absolute atomic E-state index is 0.0191. The lowest BCUT2D eigenvalue weighted by Crippen LogP contribution is -2.45. The first kappa shape index (κ1) is 16.9. The molecule has 1 aromatic rings. The van der Waals surface area contributed by atoms with Crippen molar-refractivity contribution in [2.45, 2.75) is 38.6 Å². The van der Waals surface area contributed by atoms with Crippen LogP contribution >= 0.6 is 0 Å². The Morgan fingerprint density at radius 2 is 1.92 bits per heavy atom. The van der Waals surface area contributed by atoms with Gasteiger partial charge < -0.3 is 15.5 Å². The molecule has 0 aromatic heterocycles. The van der Waals surface area contributed by atoms with Crippen molar-refractivity contribution >= 4 is 17.5 Å². The van der Waals surface area contributed by atoms with Crippen molar-refractivity contribution in [1.82, 2.24) is 10.2 Å². The summed E-state index contributed by atoms with van der Waals surface area (Å²) in [5.74, 6) is -0.263. The molecule has 6 heteroatoms. The molecule has 0 atom stereocenters. The van der Waals surface area contributed by atoms with Gasteiger partial charge in [-0.25, -0.2) is 4.39 Å². The van der Waals surface area contributed by atoms with Gasteiger partial charge in [0.15, 0.2) is 0 Å². The molecule has 3 rings (SSSR count). The quantitative estimate of drug-likeness (QED) is 0.870. The predicted molar refractivity (Wildman–Crippen MR) is 90.4 cm³/mol. The maximum atomic E-state index is 14.0. The second-order valence-corrected chi connectivity index (χ2v) is 6.79. The van der Waals surface area contributed by atoms with E-state index in [1.54, 1.807) is 4.90 Å². The molecule has 5 nitrogen and oxygen atoms in total. The summed E-state index contributed by atoms with van der Waals surface area (Å²) in [6.45, 7) is 3.71. The number of likely N-dealkylation sites (tertiary alicyclic amines) is 1. The summed E-state index contributed by atoms with van der Waals surface area (Å²) in [6, 6.07) is 4.55. The average Bonchev–Trinajstić information content (AvgIpc) is 3.38. The van der Waals surface area contributed by atoms with Gasteiger partial charge in [-0.1, -0.05) is 0 Å². The molecular weight excluding hydrogens is 309 g/mol. The Kier molecular flexibility index (Phi) is 5.14. The van der Waals surface area contributed by atoms with Crippen molar-refractivity contribution in [1.29, 1.82) is 0 Å². The Bertz CT molecular complexity index is 623. The van der Waals surface area contributed by atoms with Gasteiger partial charge in [0.05, 0.1) is 5.56 Å². The molecule has 0 spiro atoms. The van der Waals surface area contributed by atoms with Crippen LogP contribution in [0.15, 0.2) is 18.2 Å². The van der Waals surface area contributed by atoms with Crippen molar-refractivity contribution in [3.05, 3.63) is 29.6 Å². The highest BCUT2D eigenvalue weighted by Crippen LogP contribution is 2.28. The number of hydrogen-bond donors (Lipinski definition) is 2. The van der Waals surface area contributed by atoms with Crippen molar-refractivity contribution in [2.75, 3.05) is 25.0 Å². The number of hydrogen-bond acceptors (Lipinski definition) is 3. The Labute approximate surface area is 141 Å². The fourth-order valence-electron chi connectivity index (χ4n) is 3.08. The molecule has 2 amide bonds. The summed E-state index contributed by atoms with van der Waals surface area (Å²) in [7, 11) is 0. The van der Waals surface area contributed by atoms with Gasteiger partial charge in [-0.3, -0.25) is 9.59 Å². The Morgan fingerprint density at radius 3 is 2.54 bits per heavy atom. The summed E-state index contributed by atoms with van der Waals surface area (Å²) < 4.78 is 14.0. The van der Waals surface area contributed by atoms with Crippen molar-refractivity contribution < 1.29 is 14.0 Å². The lowest BCUT2D eigenvalue weighted by atomic mass is 10.0. The molecular formula is C18H24FN3O2. The second kappa shape index (κ2) is 7.30. The minimum Gasteiger partial charge on any atom is -0.338 e. The van der Waals surface area contributed by atoms with Crippen LogP contribution in [0.1, 0.15) is 43.0 Å². The molecule has 24 heavy (non-hydrogen) atoms. The summed E-state index contributed by atoms with van der Waals surface area (Å²) in [5.41, 5.74) is 0.457. The normalized spacial score (nSPS) is 18.5. The molecule has 0 unspecified atom stereocenters. The van der Waals surface area contributed by atoms with Crippen LogP contribution in [0.25, 0.3) is 0 Å². The van der Waals surface area contributed by atoms with Crippen LogP contribution in [0, 0.1) is 11.7 Å². The molecule has 1 heterocycles. The van der Waals surface area contributed by atoms with Gasteiger partial charge in [-0.05, 0) is 56.3 Å². The molecule has 130 valence electrons. The van der Waals surface area contributed by atoms with E-state index >= 15 is 0 Å². The molecule has 2 fully saturated rings. The first-order valence-electron chi connectivity index (χ1n) is 8.62. The number of carbonyl (C=O) groups is 2. The second-order valence-electron chi connectivity index (χ2n) is 6.79. The number of halogens is 1. The van der Waals surface area contributed by atoms with Gasteiger partial charge in [0.2, 0.25) is 5.91 Å². The third kappa shape index (κ3) is 4.32. The van der Waals surface area contributed by atoms with E-state index in [1.807, 2.05) is 0 Å². The first-order valence-corrected chi connectivity index (χ1v) is 8.62. The van der Waals surface area contributed by atoms with Crippen LogP contribution in [-0.4, -0.2) is 42.4 Å². The zero-order chi connectivity index (χ0) is 17.1. The third-order valence-corrected chi connectivity index (χ3v) is 4.69. The smallest absolute Gasteiger partial charge is 0.256 e. The van der Waals surface area contributed by atoms with Crippen LogP contribution in [0.4, 0.5) is 10.1 Å². The van der Waals surface area contributed by atoms with Gasteiger partial charge >= 0.3 is 0 Å². The number of nitrogens with zero attached hydrogens (tertiary/aromatic N) is 1. The standard InChI is InChI=1S/C18H24FN3O2/c1-12(23)21-15-4-5-17(19)16(10-15)18(24)22-8-6-14(7-9-22)20-11-13-2-3-13/h4-5,10,13-14,20H,2-3,6-9,11H2,1H3,(H,21,23).